The van der Waals surface area contributed by atoms with E-state index in [-0.39, 0.29) is 18.4 Å². The van der Waals surface area contributed by atoms with Gasteiger partial charge in [-0.05, 0) is 42.0 Å². The second-order valence-corrected chi connectivity index (χ2v) is 6.73. The largest absolute Gasteiger partial charge is 0.482 e. The van der Waals surface area contributed by atoms with Gasteiger partial charge in [-0.1, -0.05) is 35.9 Å². The molecule has 0 spiro atoms. The van der Waals surface area contributed by atoms with Crippen molar-refractivity contribution in [3.8, 4) is 5.75 Å². The van der Waals surface area contributed by atoms with Gasteiger partial charge in [-0.3, -0.25) is 9.59 Å². The first-order chi connectivity index (χ1) is 14.1. The van der Waals surface area contributed by atoms with Crippen LogP contribution in [0.15, 0.2) is 71.3 Å². The van der Waals surface area contributed by atoms with Crippen LogP contribution < -0.4 is 10.1 Å². The highest BCUT2D eigenvalue weighted by molar-refractivity contribution is 6.32. The van der Waals surface area contributed by atoms with Crippen molar-refractivity contribution in [2.75, 3.05) is 13.7 Å². The Morgan fingerprint density at radius 3 is 2.45 bits per heavy atom. The highest BCUT2D eigenvalue weighted by Crippen LogP contribution is 2.23. The SMILES string of the molecule is CNC(=O)c1ccc(CN(Cc2ccco2)C(=O)COc2ccccc2Cl)cc1. The fourth-order valence-electron chi connectivity index (χ4n) is 2.74. The lowest BCUT2D eigenvalue weighted by Crippen LogP contribution is -2.34. The highest BCUT2D eigenvalue weighted by Gasteiger charge is 2.17. The molecule has 1 heterocycles. The maximum Gasteiger partial charge on any atom is 0.261 e. The standard InChI is InChI=1S/C22H21ClN2O4/c1-24-22(27)17-10-8-16(9-11-17)13-25(14-18-5-4-12-28-18)21(26)15-29-20-7-3-2-6-19(20)23/h2-12H,13-15H2,1H3,(H,24,27). The van der Waals surface area contributed by atoms with Crippen LogP contribution in [0.3, 0.4) is 0 Å². The first kappa shape index (κ1) is 20.5. The Labute approximate surface area is 174 Å². The molecular weight excluding hydrogens is 392 g/mol. The number of nitrogens with zero attached hydrogens (tertiary/aromatic N) is 1. The predicted octanol–water partition coefficient (Wildman–Crippen LogP) is 3.90. The summed E-state index contributed by atoms with van der Waals surface area (Å²) in [6.45, 7) is 0.495. The highest BCUT2D eigenvalue weighted by atomic mass is 35.5. The summed E-state index contributed by atoms with van der Waals surface area (Å²) in [7, 11) is 1.58. The lowest BCUT2D eigenvalue weighted by Gasteiger charge is -2.22. The van der Waals surface area contributed by atoms with Crippen molar-refractivity contribution in [2.45, 2.75) is 13.1 Å². The summed E-state index contributed by atoms with van der Waals surface area (Å²) in [5.74, 6) is 0.748. The van der Waals surface area contributed by atoms with E-state index in [9.17, 15) is 9.59 Å². The minimum Gasteiger partial charge on any atom is -0.482 e. The zero-order valence-corrected chi connectivity index (χ0v) is 16.7. The van der Waals surface area contributed by atoms with Gasteiger partial charge in [0.1, 0.15) is 11.5 Å². The molecule has 1 aromatic heterocycles. The summed E-state index contributed by atoms with van der Waals surface area (Å²) in [6.07, 6.45) is 1.57. The smallest absolute Gasteiger partial charge is 0.261 e. The maximum absolute atomic E-state index is 12.8. The minimum absolute atomic E-state index is 0.152. The average Bonchev–Trinajstić information content (AvgIpc) is 3.25. The first-order valence-electron chi connectivity index (χ1n) is 9.05. The van der Waals surface area contributed by atoms with Gasteiger partial charge in [0.15, 0.2) is 6.61 Å². The zero-order valence-electron chi connectivity index (χ0n) is 15.9. The molecule has 0 aliphatic rings. The Bertz CT molecular complexity index is 955. The predicted molar refractivity (Wildman–Crippen MR) is 110 cm³/mol. The van der Waals surface area contributed by atoms with E-state index >= 15 is 0 Å². The number of carbonyl (C=O) groups excluding carboxylic acids is 2. The second-order valence-electron chi connectivity index (χ2n) is 6.32. The number of furan rings is 1. The molecule has 0 unspecified atom stereocenters. The van der Waals surface area contributed by atoms with Crippen LogP contribution in [0.5, 0.6) is 5.75 Å². The van der Waals surface area contributed by atoms with E-state index in [4.69, 9.17) is 20.8 Å². The van der Waals surface area contributed by atoms with E-state index in [2.05, 4.69) is 5.32 Å². The monoisotopic (exact) mass is 412 g/mol. The normalized spacial score (nSPS) is 10.4. The molecule has 0 radical (unpaired) electrons. The number of hydrogen-bond acceptors (Lipinski definition) is 4. The van der Waals surface area contributed by atoms with Crippen molar-refractivity contribution in [3.63, 3.8) is 0 Å². The molecule has 0 aliphatic carbocycles. The van der Waals surface area contributed by atoms with Gasteiger partial charge in [-0.15, -0.1) is 0 Å². The molecule has 2 amide bonds. The van der Waals surface area contributed by atoms with Crippen LogP contribution in [-0.4, -0.2) is 30.4 Å². The summed E-state index contributed by atoms with van der Waals surface area (Å²) in [5.41, 5.74) is 1.44. The van der Waals surface area contributed by atoms with Crippen molar-refractivity contribution in [2.24, 2.45) is 0 Å². The quantitative estimate of drug-likeness (QED) is 0.609. The lowest BCUT2D eigenvalue weighted by atomic mass is 10.1. The maximum atomic E-state index is 12.8. The number of nitrogens with one attached hydrogen (secondary N) is 1. The molecule has 0 fully saturated rings. The van der Waals surface area contributed by atoms with Gasteiger partial charge in [0.2, 0.25) is 0 Å². The van der Waals surface area contributed by atoms with Crippen LogP contribution in [0.2, 0.25) is 5.02 Å². The van der Waals surface area contributed by atoms with Crippen LogP contribution in [-0.2, 0) is 17.9 Å². The molecule has 6 nitrogen and oxygen atoms in total. The summed E-state index contributed by atoms with van der Waals surface area (Å²) in [5, 5.41) is 3.03. The van der Waals surface area contributed by atoms with E-state index in [0.717, 1.165) is 5.56 Å². The van der Waals surface area contributed by atoms with Gasteiger partial charge in [-0.25, -0.2) is 0 Å². The number of ether oxygens (including phenoxy) is 1. The molecule has 0 aliphatic heterocycles. The van der Waals surface area contributed by atoms with Crippen molar-refractivity contribution in [1.29, 1.82) is 0 Å². The van der Waals surface area contributed by atoms with Crippen LogP contribution in [0, 0.1) is 0 Å². The molecule has 1 N–H and O–H groups in total. The van der Waals surface area contributed by atoms with Crippen molar-refractivity contribution in [1.82, 2.24) is 10.2 Å². The Kier molecular flexibility index (Phi) is 6.92. The van der Waals surface area contributed by atoms with Gasteiger partial charge in [0.25, 0.3) is 11.8 Å². The van der Waals surface area contributed by atoms with Crippen molar-refractivity contribution >= 4 is 23.4 Å². The molecule has 150 valence electrons. The Balaban J connectivity index is 1.71. The van der Waals surface area contributed by atoms with Gasteiger partial charge in [0.05, 0.1) is 17.8 Å². The van der Waals surface area contributed by atoms with Crippen LogP contribution in [0.4, 0.5) is 0 Å². The number of hydrogen-bond donors (Lipinski definition) is 1. The Morgan fingerprint density at radius 1 is 1.03 bits per heavy atom. The fourth-order valence-corrected chi connectivity index (χ4v) is 2.93. The number of halogens is 1. The second kappa shape index (κ2) is 9.80. The molecule has 3 aromatic rings. The number of rotatable bonds is 8. The summed E-state index contributed by atoms with van der Waals surface area (Å²) in [6, 6.07) is 17.7. The number of para-hydroxylation sites is 1. The van der Waals surface area contributed by atoms with E-state index in [1.54, 1.807) is 60.7 Å². The molecule has 0 saturated carbocycles. The number of benzene rings is 2. The molecule has 0 saturated heterocycles. The molecule has 7 heteroatoms. The zero-order chi connectivity index (χ0) is 20.6. The summed E-state index contributed by atoms with van der Waals surface area (Å²) in [4.78, 5) is 26.2. The topological polar surface area (TPSA) is 71.8 Å². The minimum atomic E-state index is -0.211. The van der Waals surface area contributed by atoms with E-state index in [1.165, 1.54) is 0 Å². The third-order valence-electron chi connectivity index (χ3n) is 4.28. The molecule has 29 heavy (non-hydrogen) atoms. The number of amides is 2. The van der Waals surface area contributed by atoms with Gasteiger partial charge in [0, 0.05) is 19.2 Å². The van der Waals surface area contributed by atoms with Crippen LogP contribution >= 0.6 is 11.6 Å². The van der Waals surface area contributed by atoms with Crippen LogP contribution in [0.1, 0.15) is 21.7 Å². The van der Waals surface area contributed by atoms with Gasteiger partial charge in [-0.2, -0.15) is 0 Å². The van der Waals surface area contributed by atoms with E-state index in [0.29, 0.717) is 35.2 Å². The molecule has 0 atom stereocenters. The third kappa shape index (κ3) is 5.62. The molecule has 0 bridgehead atoms. The molecular formula is C22H21ClN2O4. The molecule has 3 rings (SSSR count). The van der Waals surface area contributed by atoms with Crippen molar-refractivity contribution in [3.05, 3.63) is 88.8 Å². The Morgan fingerprint density at radius 2 is 1.79 bits per heavy atom. The molecule has 2 aromatic carbocycles. The average molecular weight is 413 g/mol. The van der Waals surface area contributed by atoms with Gasteiger partial charge >= 0.3 is 0 Å². The van der Waals surface area contributed by atoms with E-state index in [1.807, 2.05) is 18.2 Å². The third-order valence-corrected chi connectivity index (χ3v) is 4.60. The van der Waals surface area contributed by atoms with Gasteiger partial charge < -0.3 is 19.4 Å². The van der Waals surface area contributed by atoms with E-state index < -0.39 is 0 Å². The van der Waals surface area contributed by atoms with Crippen molar-refractivity contribution < 1.29 is 18.7 Å². The Hall–Kier alpha value is -3.25. The van der Waals surface area contributed by atoms with Crippen LogP contribution in [0.25, 0.3) is 0 Å². The first-order valence-corrected chi connectivity index (χ1v) is 9.43. The number of carbonyl (C=O) groups is 2. The summed E-state index contributed by atoms with van der Waals surface area (Å²) < 4.78 is 11.0. The summed E-state index contributed by atoms with van der Waals surface area (Å²) >= 11 is 6.09. The fraction of sp³-hybridized carbons (Fsp3) is 0.182. The lowest BCUT2D eigenvalue weighted by molar-refractivity contribution is -0.134.